The lowest BCUT2D eigenvalue weighted by Gasteiger charge is -2.34. The Balaban J connectivity index is 1.72. The van der Waals surface area contributed by atoms with E-state index in [1.807, 2.05) is 19.1 Å². The monoisotopic (exact) mass is 386 g/mol. The van der Waals surface area contributed by atoms with Gasteiger partial charge in [-0.3, -0.25) is 4.79 Å². The van der Waals surface area contributed by atoms with Gasteiger partial charge in [-0.25, -0.2) is 0 Å². The Labute approximate surface area is 159 Å². The number of carbonyl (C=O) groups excluding carboxylic acids is 1. The maximum atomic E-state index is 12.9. The van der Waals surface area contributed by atoms with Crippen LogP contribution in [0.5, 0.6) is 0 Å². The first-order chi connectivity index (χ1) is 13.3. The number of benzene rings is 2. The number of fused-ring (bicyclic) bond motifs is 1. The first kappa shape index (κ1) is 18.2. The molecule has 2 aromatic carbocycles. The number of alkyl halides is 3. The van der Waals surface area contributed by atoms with Gasteiger partial charge in [-0.1, -0.05) is 18.2 Å². The molecule has 0 radical (unpaired) electrons. The van der Waals surface area contributed by atoms with E-state index in [0.717, 1.165) is 23.4 Å². The quantitative estimate of drug-likeness (QED) is 0.639. The van der Waals surface area contributed by atoms with Crippen molar-refractivity contribution in [1.82, 2.24) is 0 Å². The van der Waals surface area contributed by atoms with Crippen LogP contribution in [0.25, 0.3) is 11.1 Å². The number of rotatable bonds is 2. The molecular formula is C21H17F3N2O2. The predicted octanol–water partition coefficient (Wildman–Crippen LogP) is 5.43. The van der Waals surface area contributed by atoms with Crippen LogP contribution in [0.1, 0.15) is 23.0 Å². The number of hydrogen-bond acceptors (Lipinski definition) is 3. The molecule has 3 aromatic rings. The number of furan rings is 1. The summed E-state index contributed by atoms with van der Waals surface area (Å²) in [6.45, 7) is 2.41. The van der Waals surface area contributed by atoms with Crippen molar-refractivity contribution in [2.75, 3.05) is 16.8 Å². The molecule has 1 aliphatic rings. The topological polar surface area (TPSA) is 45.5 Å². The second-order valence-corrected chi connectivity index (χ2v) is 6.75. The van der Waals surface area contributed by atoms with E-state index in [1.165, 1.54) is 18.4 Å². The molecule has 0 fully saturated rings. The molecular weight excluding hydrogens is 369 g/mol. The number of carbonyl (C=O) groups is 1. The van der Waals surface area contributed by atoms with E-state index in [2.05, 4.69) is 5.32 Å². The second-order valence-electron chi connectivity index (χ2n) is 6.75. The minimum absolute atomic E-state index is 0.0448. The van der Waals surface area contributed by atoms with Crippen molar-refractivity contribution in [3.05, 3.63) is 72.2 Å². The van der Waals surface area contributed by atoms with Crippen molar-refractivity contribution >= 4 is 17.3 Å². The van der Waals surface area contributed by atoms with Crippen LogP contribution in [0, 0.1) is 0 Å². The average molecular weight is 386 g/mol. The van der Waals surface area contributed by atoms with E-state index >= 15 is 0 Å². The summed E-state index contributed by atoms with van der Waals surface area (Å²) in [6.07, 6.45) is -2.93. The van der Waals surface area contributed by atoms with E-state index in [0.29, 0.717) is 17.8 Å². The fourth-order valence-electron chi connectivity index (χ4n) is 3.32. The van der Waals surface area contributed by atoms with Gasteiger partial charge < -0.3 is 14.6 Å². The molecule has 1 atom stereocenters. The number of amides is 1. The van der Waals surface area contributed by atoms with Crippen LogP contribution in [-0.4, -0.2) is 18.5 Å². The Bertz CT molecular complexity index is 995. The second kappa shape index (κ2) is 6.74. The van der Waals surface area contributed by atoms with Crippen molar-refractivity contribution in [3.63, 3.8) is 0 Å². The van der Waals surface area contributed by atoms with E-state index in [9.17, 15) is 18.0 Å². The normalized spacial score (nSPS) is 16.4. The fourth-order valence-corrected chi connectivity index (χ4v) is 3.32. The summed E-state index contributed by atoms with van der Waals surface area (Å²) in [4.78, 5) is 14.5. The number of nitrogens with zero attached hydrogens (tertiary/aromatic N) is 1. The smallest absolute Gasteiger partial charge is 0.416 e. The van der Waals surface area contributed by atoms with Crippen molar-refractivity contribution in [2.45, 2.75) is 19.1 Å². The molecule has 1 aliphatic heterocycles. The molecule has 7 heteroatoms. The zero-order valence-electron chi connectivity index (χ0n) is 15.0. The molecule has 28 heavy (non-hydrogen) atoms. The Kier molecular flexibility index (Phi) is 4.37. The summed E-state index contributed by atoms with van der Waals surface area (Å²) in [6, 6.07) is 13.7. The molecule has 0 saturated carbocycles. The lowest BCUT2D eigenvalue weighted by Crippen LogP contribution is -2.43. The van der Waals surface area contributed by atoms with Gasteiger partial charge in [0.2, 0.25) is 0 Å². The van der Waals surface area contributed by atoms with Crippen LogP contribution in [0.4, 0.5) is 24.5 Å². The number of hydrogen-bond donors (Lipinski definition) is 1. The lowest BCUT2D eigenvalue weighted by molar-refractivity contribution is -0.137. The first-order valence-electron chi connectivity index (χ1n) is 8.76. The minimum Gasteiger partial charge on any atom is -0.459 e. The van der Waals surface area contributed by atoms with Crippen molar-refractivity contribution < 1.29 is 22.4 Å². The van der Waals surface area contributed by atoms with Gasteiger partial charge in [0.1, 0.15) is 0 Å². The average Bonchev–Trinajstić information content (AvgIpc) is 3.20. The van der Waals surface area contributed by atoms with E-state index < -0.39 is 11.7 Å². The van der Waals surface area contributed by atoms with Gasteiger partial charge in [0.05, 0.1) is 23.2 Å². The van der Waals surface area contributed by atoms with E-state index in [4.69, 9.17) is 4.42 Å². The third kappa shape index (κ3) is 3.35. The Morgan fingerprint density at radius 1 is 1.11 bits per heavy atom. The lowest BCUT2D eigenvalue weighted by atomic mass is 10.0. The summed E-state index contributed by atoms with van der Waals surface area (Å²) in [5.74, 6) is -0.0239. The molecule has 144 valence electrons. The number of nitrogens with one attached hydrogen (secondary N) is 1. The fraction of sp³-hybridized carbons (Fsp3) is 0.190. The van der Waals surface area contributed by atoms with Crippen LogP contribution >= 0.6 is 0 Å². The van der Waals surface area contributed by atoms with Gasteiger partial charge >= 0.3 is 6.18 Å². The highest BCUT2D eigenvalue weighted by atomic mass is 19.4. The molecule has 4 nitrogen and oxygen atoms in total. The molecule has 1 aromatic heterocycles. The third-order valence-electron chi connectivity index (χ3n) is 4.67. The van der Waals surface area contributed by atoms with Gasteiger partial charge in [0, 0.05) is 12.6 Å². The summed E-state index contributed by atoms with van der Waals surface area (Å²) >= 11 is 0. The highest BCUT2D eigenvalue weighted by Crippen LogP contribution is 2.37. The molecule has 1 unspecified atom stereocenters. The van der Waals surface area contributed by atoms with Crippen LogP contribution in [-0.2, 0) is 6.18 Å². The maximum absolute atomic E-state index is 12.9. The summed E-state index contributed by atoms with van der Waals surface area (Å²) in [5.41, 5.74) is 2.12. The van der Waals surface area contributed by atoms with Crippen LogP contribution < -0.4 is 10.2 Å². The zero-order valence-corrected chi connectivity index (χ0v) is 15.0. The molecule has 0 bridgehead atoms. The molecule has 0 saturated heterocycles. The Morgan fingerprint density at radius 2 is 1.82 bits per heavy atom. The Hall–Kier alpha value is -3.22. The molecule has 4 rings (SSSR count). The van der Waals surface area contributed by atoms with Crippen LogP contribution in [0.3, 0.4) is 0 Å². The molecule has 1 N–H and O–H groups in total. The number of anilines is 2. The predicted molar refractivity (Wildman–Crippen MR) is 100 cm³/mol. The minimum atomic E-state index is -4.37. The van der Waals surface area contributed by atoms with Gasteiger partial charge in [-0.05, 0) is 54.4 Å². The molecule has 0 aliphatic carbocycles. The molecule has 1 amide bonds. The first-order valence-corrected chi connectivity index (χ1v) is 8.76. The van der Waals surface area contributed by atoms with Crippen LogP contribution in [0.2, 0.25) is 0 Å². The van der Waals surface area contributed by atoms with Gasteiger partial charge in [-0.15, -0.1) is 0 Å². The highest BCUT2D eigenvalue weighted by Gasteiger charge is 2.31. The van der Waals surface area contributed by atoms with Crippen molar-refractivity contribution in [2.24, 2.45) is 0 Å². The van der Waals surface area contributed by atoms with Crippen molar-refractivity contribution in [3.8, 4) is 11.1 Å². The largest absolute Gasteiger partial charge is 0.459 e. The van der Waals surface area contributed by atoms with E-state index in [1.54, 1.807) is 23.1 Å². The third-order valence-corrected chi connectivity index (χ3v) is 4.67. The number of halogens is 3. The van der Waals surface area contributed by atoms with E-state index in [-0.39, 0.29) is 17.7 Å². The van der Waals surface area contributed by atoms with Gasteiger partial charge in [-0.2, -0.15) is 13.2 Å². The molecule has 2 heterocycles. The highest BCUT2D eigenvalue weighted by molar-refractivity contribution is 6.07. The van der Waals surface area contributed by atoms with Crippen LogP contribution in [0.15, 0.2) is 65.3 Å². The van der Waals surface area contributed by atoms with Gasteiger partial charge in [0.15, 0.2) is 5.76 Å². The van der Waals surface area contributed by atoms with Crippen molar-refractivity contribution in [1.29, 1.82) is 0 Å². The zero-order chi connectivity index (χ0) is 19.9. The summed E-state index contributed by atoms with van der Waals surface area (Å²) in [7, 11) is 0. The maximum Gasteiger partial charge on any atom is 0.416 e. The standard InChI is InChI=1S/C21H17F3N2O2/c1-13-12-26(20(27)19-3-2-10-28-19)18-11-15(6-9-17(18)25-13)14-4-7-16(8-5-14)21(22,23)24/h2-11,13,25H,12H2,1H3. The summed E-state index contributed by atoms with van der Waals surface area (Å²) < 4.78 is 43.6. The SMILES string of the molecule is CC1CN(C(=O)c2ccco2)c2cc(-c3ccc(C(F)(F)F)cc3)ccc2N1. The molecule has 0 spiro atoms. The van der Waals surface area contributed by atoms with Gasteiger partial charge in [0.25, 0.3) is 5.91 Å². The summed E-state index contributed by atoms with van der Waals surface area (Å²) in [5, 5.41) is 3.32. The Morgan fingerprint density at radius 3 is 2.46 bits per heavy atom.